The maximum atomic E-state index is 11.7. The third-order valence-corrected chi connectivity index (χ3v) is 5.24. The normalized spacial score (nSPS) is 20.6. The van der Waals surface area contributed by atoms with E-state index in [1.54, 1.807) is 0 Å². The lowest BCUT2D eigenvalue weighted by Gasteiger charge is -2.19. The molecule has 2 aliphatic rings. The van der Waals surface area contributed by atoms with Crippen LogP contribution in [0.25, 0.3) is 0 Å². The lowest BCUT2D eigenvalue weighted by atomic mass is 10.0. The second-order valence-electron chi connectivity index (χ2n) is 5.59. The van der Waals surface area contributed by atoms with Crippen LogP contribution in [0, 0.1) is 5.92 Å². The second kappa shape index (κ2) is 6.07. The summed E-state index contributed by atoms with van der Waals surface area (Å²) in [7, 11) is 0. The summed E-state index contributed by atoms with van der Waals surface area (Å²) in [6.45, 7) is 0. The summed E-state index contributed by atoms with van der Waals surface area (Å²) in [6.07, 6.45) is 9.12. The molecular weight excluding hydrogens is 260 g/mol. The van der Waals surface area contributed by atoms with Crippen LogP contribution < -0.4 is 0 Å². The van der Waals surface area contributed by atoms with Crippen LogP contribution in [-0.4, -0.2) is 21.2 Å². The van der Waals surface area contributed by atoms with Crippen molar-refractivity contribution in [1.82, 2.24) is 10.1 Å². The third-order valence-electron chi connectivity index (χ3n) is 3.87. The topological polar surface area (TPSA) is 56.0 Å². The minimum atomic E-state index is 0.259. The number of carbonyl (C=O) groups excluding carboxylic acids is 1. The zero-order valence-electron chi connectivity index (χ0n) is 11.1. The molecule has 0 atom stereocenters. The molecule has 0 amide bonds. The lowest BCUT2D eigenvalue weighted by molar-refractivity contribution is -0.119. The van der Waals surface area contributed by atoms with Crippen molar-refractivity contribution in [1.29, 1.82) is 0 Å². The first kappa shape index (κ1) is 13.2. The van der Waals surface area contributed by atoms with Crippen molar-refractivity contribution in [2.45, 2.75) is 62.4 Å². The van der Waals surface area contributed by atoms with Crippen LogP contribution in [0.15, 0.2) is 4.52 Å². The molecule has 2 fully saturated rings. The molecule has 0 aliphatic heterocycles. The maximum Gasteiger partial charge on any atom is 0.234 e. The Morgan fingerprint density at radius 3 is 2.74 bits per heavy atom. The molecule has 0 saturated heterocycles. The van der Waals surface area contributed by atoms with E-state index in [9.17, 15) is 4.79 Å². The molecule has 1 aromatic heterocycles. The van der Waals surface area contributed by atoms with Crippen molar-refractivity contribution in [3.63, 3.8) is 0 Å². The highest BCUT2D eigenvalue weighted by molar-refractivity contribution is 7.99. The number of carbonyl (C=O) groups is 1. The first-order chi connectivity index (χ1) is 9.31. The van der Waals surface area contributed by atoms with E-state index in [1.165, 1.54) is 32.1 Å². The summed E-state index contributed by atoms with van der Waals surface area (Å²) in [5.41, 5.74) is 0. The Labute approximate surface area is 117 Å². The van der Waals surface area contributed by atoms with Gasteiger partial charge in [0.2, 0.25) is 5.89 Å². The minimum Gasteiger partial charge on any atom is -0.339 e. The van der Waals surface area contributed by atoms with E-state index >= 15 is 0 Å². The molecule has 19 heavy (non-hydrogen) atoms. The molecule has 0 N–H and O–H groups in total. The Morgan fingerprint density at radius 1 is 1.21 bits per heavy atom. The van der Waals surface area contributed by atoms with E-state index in [2.05, 4.69) is 10.1 Å². The van der Waals surface area contributed by atoms with Crippen molar-refractivity contribution in [2.24, 2.45) is 5.92 Å². The fourth-order valence-corrected chi connectivity index (χ4v) is 3.71. The molecule has 3 rings (SSSR count). The number of ketones is 1. The summed E-state index contributed by atoms with van der Waals surface area (Å²) in [6, 6.07) is 0. The van der Waals surface area contributed by atoms with Gasteiger partial charge in [-0.05, 0) is 25.7 Å². The predicted octanol–water partition coefficient (Wildman–Crippen LogP) is 3.16. The SMILES string of the molecule is O=C(Cc1nc(CSC2CCCCC2)no1)C1CC1. The number of hydrogen-bond donors (Lipinski definition) is 0. The fraction of sp³-hybridized carbons (Fsp3) is 0.786. The predicted molar refractivity (Wildman–Crippen MR) is 73.9 cm³/mol. The number of nitrogens with zero attached hydrogens (tertiary/aromatic N) is 2. The molecule has 0 spiro atoms. The van der Waals surface area contributed by atoms with Gasteiger partial charge in [0.15, 0.2) is 5.82 Å². The molecule has 0 unspecified atom stereocenters. The second-order valence-corrected chi connectivity index (χ2v) is 6.88. The molecule has 2 aliphatic carbocycles. The highest BCUT2D eigenvalue weighted by Gasteiger charge is 2.30. The molecule has 104 valence electrons. The van der Waals surface area contributed by atoms with E-state index in [-0.39, 0.29) is 11.7 Å². The maximum absolute atomic E-state index is 11.7. The monoisotopic (exact) mass is 280 g/mol. The summed E-state index contributed by atoms with van der Waals surface area (Å²) in [5, 5.41) is 4.73. The van der Waals surface area contributed by atoms with E-state index in [1.807, 2.05) is 11.8 Å². The Bertz CT molecular complexity index is 436. The zero-order valence-corrected chi connectivity index (χ0v) is 12.0. The van der Waals surface area contributed by atoms with Gasteiger partial charge in [0.05, 0.1) is 12.2 Å². The first-order valence-corrected chi connectivity index (χ1v) is 8.32. The number of thioether (sulfide) groups is 1. The number of aromatic nitrogens is 2. The molecule has 0 aromatic carbocycles. The number of Topliss-reactive ketones (excluding diaryl/α,β-unsaturated/α-hetero) is 1. The molecule has 0 bridgehead atoms. The van der Waals surface area contributed by atoms with E-state index < -0.39 is 0 Å². The average molecular weight is 280 g/mol. The third kappa shape index (κ3) is 3.81. The van der Waals surface area contributed by atoms with Crippen LogP contribution in [0.1, 0.15) is 56.7 Å². The van der Waals surface area contributed by atoms with Crippen molar-refractivity contribution in [2.75, 3.05) is 0 Å². The van der Waals surface area contributed by atoms with Crippen LogP contribution in [0.3, 0.4) is 0 Å². The van der Waals surface area contributed by atoms with Gasteiger partial charge in [-0.25, -0.2) is 0 Å². The average Bonchev–Trinajstić information content (AvgIpc) is 3.20. The Hall–Kier alpha value is -0.840. The van der Waals surface area contributed by atoms with Gasteiger partial charge in [0.1, 0.15) is 5.78 Å². The zero-order chi connectivity index (χ0) is 13.1. The van der Waals surface area contributed by atoms with Crippen LogP contribution in [0.4, 0.5) is 0 Å². The Kier molecular flexibility index (Phi) is 4.21. The van der Waals surface area contributed by atoms with Gasteiger partial charge in [-0.3, -0.25) is 4.79 Å². The Balaban J connectivity index is 1.45. The molecule has 5 heteroatoms. The summed E-state index contributed by atoms with van der Waals surface area (Å²) in [4.78, 5) is 16.0. The molecular formula is C14H20N2O2S. The highest BCUT2D eigenvalue weighted by atomic mass is 32.2. The van der Waals surface area contributed by atoms with E-state index in [0.717, 1.165) is 29.7 Å². The van der Waals surface area contributed by atoms with Gasteiger partial charge >= 0.3 is 0 Å². The number of hydrogen-bond acceptors (Lipinski definition) is 5. The smallest absolute Gasteiger partial charge is 0.234 e. The van der Waals surface area contributed by atoms with Crippen LogP contribution in [-0.2, 0) is 17.0 Å². The van der Waals surface area contributed by atoms with Gasteiger partial charge in [0, 0.05) is 11.2 Å². The van der Waals surface area contributed by atoms with Gasteiger partial charge in [-0.15, -0.1) is 0 Å². The first-order valence-electron chi connectivity index (χ1n) is 7.27. The van der Waals surface area contributed by atoms with Crippen molar-refractivity contribution in [3.8, 4) is 0 Å². The van der Waals surface area contributed by atoms with Gasteiger partial charge in [-0.1, -0.05) is 24.4 Å². The van der Waals surface area contributed by atoms with Crippen molar-refractivity contribution >= 4 is 17.5 Å². The molecule has 4 nitrogen and oxygen atoms in total. The van der Waals surface area contributed by atoms with Gasteiger partial charge in [-0.2, -0.15) is 16.7 Å². The van der Waals surface area contributed by atoms with E-state index in [4.69, 9.17) is 4.52 Å². The Morgan fingerprint density at radius 2 is 2.00 bits per heavy atom. The largest absolute Gasteiger partial charge is 0.339 e. The quantitative estimate of drug-likeness (QED) is 0.801. The lowest BCUT2D eigenvalue weighted by Crippen LogP contribution is -2.08. The minimum absolute atomic E-state index is 0.259. The molecule has 0 radical (unpaired) electrons. The van der Waals surface area contributed by atoms with Crippen LogP contribution in [0.5, 0.6) is 0 Å². The standard InChI is InChI=1S/C14H20N2O2S/c17-12(10-6-7-10)8-14-15-13(16-18-14)9-19-11-4-2-1-3-5-11/h10-11H,1-9H2. The van der Waals surface area contributed by atoms with Gasteiger partial charge < -0.3 is 4.52 Å². The number of rotatable bonds is 6. The molecule has 1 heterocycles. The summed E-state index contributed by atoms with van der Waals surface area (Å²) < 4.78 is 5.16. The van der Waals surface area contributed by atoms with Crippen LogP contribution >= 0.6 is 11.8 Å². The summed E-state index contributed by atoms with van der Waals surface area (Å²) >= 11 is 1.93. The molecule has 1 aromatic rings. The van der Waals surface area contributed by atoms with E-state index in [0.29, 0.717) is 12.3 Å². The summed E-state index contributed by atoms with van der Waals surface area (Å²) in [5.74, 6) is 2.58. The molecule has 2 saturated carbocycles. The van der Waals surface area contributed by atoms with Crippen LogP contribution in [0.2, 0.25) is 0 Å². The van der Waals surface area contributed by atoms with Crippen molar-refractivity contribution in [3.05, 3.63) is 11.7 Å². The van der Waals surface area contributed by atoms with Crippen molar-refractivity contribution < 1.29 is 9.32 Å². The van der Waals surface area contributed by atoms with Gasteiger partial charge in [0.25, 0.3) is 0 Å². The highest BCUT2D eigenvalue weighted by Crippen LogP contribution is 2.31. The fourth-order valence-electron chi connectivity index (χ4n) is 2.54.